The quantitative estimate of drug-likeness (QED) is 0.548. The average molecular weight is 409 g/mol. The molecule has 0 saturated carbocycles. The van der Waals surface area contributed by atoms with Gasteiger partial charge >= 0.3 is 13.2 Å². The van der Waals surface area contributed by atoms with Crippen molar-refractivity contribution in [1.82, 2.24) is 10.2 Å². The molecule has 0 fully saturated rings. The van der Waals surface area contributed by atoms with Gasteiger partial charge in [-0.25, -0.2) is 0 Å². The van der Waals surface area contributed by atoms with Crippen molar-refractivity contribution in [2.45, 2.75) is 20.1 Å². The van der Waals surface area contributed by atoms with Crippen LogP contribution in [-0.4, -0.2) is 29.3 Å². The molecule has 0 spiro atoms. The number of ether oxygens (including phenoxy) is 2. The molecule has 0 saturated heterocycles. The number of aromatic nitrogens is 2. The van der Waals surface area contributed by atoms with E-state index in [4.69, 9.17) is 0 Å². The largest absolute Gasteiger partial charge is 0.435 e. The van der Waals surface area contributed by atoms with E-state index in [2.05, 4.69) is 25.0 Å². The first-order valence-electron chi connectivity index (χ1n) is 8.29. The van der Waals surface area contributed by atoms with Crippen LogP contribution in [0.25, 0.3) is 11.3 Å². The molecular formula is C19H15F4N3O3. The first-order chi connectivity index (χ1) is 13.8. The first kappa shape index (κ1) is 20.2. The molecule has 0 aliphatic heterocycles. The number of alkyl halides is 4. The van der Waals surface area contributed by atoms with Gasteiger partial charge in [-0.1, -0.05) is 6.07 Å². The van der Waals surface area contributed by atoms with Crippen molar-refractivity contribution in [3.63, 3.8) is 0 Å². The Balaban J connectivity index is 1.75. The van der Waals surface area contributed by atoms with Gasteiger partial charge in [-0.3, -0.25) is 9.89 Å². The van der Waals surface area contributed by atoms with E-state index >= 15 is 0 Å². The SMILES string of the molecule is Cc1ccc(NC(=O)c2cc(-c3ccc(OC(F)F)cc3)n[nH]2)c(OC(F)F)c1. The second-order valence-electron chi connectivity index (χ2n) is 5.90. The van der Waals surface area contributed by atoms with Crippen LogP contribution in [0.3, 0.4) is 0 Å². The fraction of sp³-hybridized carbons (Fsp3) is 0.158. The summed E-state index contributed by atoms with van der Waals surface area (Å²) in [6.45, 7) is -4.27. The molecule has 6 nitrogen and oxygen atoms in total. The van der Waals surface area contributed by atoms with Crippen molar-refractivity contribution in [2.75, 3.05) is 5.32 Å². The monoisotopic (exact) mass is 409 g/mol. The second kappa shape index (κ2) is 8.63. The summed E-state index contributed by atoms with van der Waals surface area (Å²) in [6, 6.07) is 11.6. The Kier molecular flexibility index (Phi) is 6.01. The van der Waals surface area contributed by atoms with Crippen molar-refractivity contribution in [2.24, 2.45) is 0 Å². The van der Waals surface area contributed by atoms with Crippen LogP contribution in [-0.2, 0) is 0 Å². The maximum absolute atomic E-state index is 12.6. The van der Waals surface area contributed by atoms with Crippen LogP contribution < -0.4 is 14.8 Å². The number of halogens is 4. The summed E-state index contributed by atoms with van der Waals surface area (Å²) in [5.41, 5.74) is 1.76. The summed E-state index contributed by atoms with van der Waals surface area (Å²) in [6.07, 6.45) is 0. The molecule has 10 heteroatoms. The van der Waals surface area contributed by atoms with Crippen molar-refractivity contribution in [3.05, 3.63) is 59.8 Å². The number of anilines is 1. The van der Waals surface area contributed by atoms with Crippen LogP contribution in [0.1, 0.15) is 16.1 Å². The Morgan fingerprint density at radius 1 is 1.00 bits per heavy atom. The molecule has 0 aliphatic rings. The number of nitrogens with one attached hydrogen (secondary N) is 2. The molecule has 1 heterocycles. The molecule has 1 aromatic heterocycles. The minimum Gasteiger partial charge on any atom is -0.435 e. The molecule has 0 bridgehead atoms. The van der Waals surface area contributed by atoms with Crippen LogP contribution in [0.4, 0.5) is 23.2 Å². The first-order valence-corrected chi connectivity index (χ1v) is 8.29. The van der Waals surface area contributed by atoms with Crippen LogP contribution in [0.2, 0.25) is 0 Å². The lowest BCUT2D eigenvalue weighted by Gasteiger charge is -2.12. The third kappa shape index (κ3) is 5.24. The van der Waals surface area contributed by atoms with Crippen molar-refractivity contribution in [3.8, 4) is 22.8 Å². The lowest BCUT2D eigenvalue weighted by atomic mass is 10.1. The summed E-state index contributed by atoms with van der Waals surface area (Å²) < 4.78 is 58.3. The number of carbonyl (C=O) groups excluding carboxylic acids is 1. The van der Waals surface area contributed by atoms with Gasteiger partial charge in [0.2, 0.25) is 0 Å². The normalized spacial score (nSPS) is 11.0. The van der Waals surface area contributed by atoms with E-state index in [0.717, 1.165) is 0 Å². The van der Waals surface area contributed by atoms with E-state index in [9.17, 15) is 22.4 Å². The van der Waals surface area contributed by atoms with Crippen molar-refractivity contribution < 1.29 is 31.8 Å². The number of nitrogens with zero attached hydrogens (tertiary/aromatic N) is 1. The molecule has 3 aromatic rings. The molecule has 3 rings (SSSR count). The third-order valence-corrected chi connectivity index (χ3v) is 3.80. The number of benzene rings is 2. The van der Waals surface area contributed by atoms with Gasteiger partial charge in [0.05, 0.1) is 11.4 Å². The Morgan fingerprint density at radius 3 is 2.34 bits per heavy atom. The van der Waals surface area contributed by atoms with Crippen molar-refractivity contribution >= 4 is 11.6 Å². The number of H-pyrrole nitrogens is 1. The summed E-state index contributed by atoms with van der Waals surface area (Å²) >= 11 is 0. The molecule has 29 heavy (non-hydrogen) atoms. The molecule has 1 amide bonds. The topological polar surface area (TPSA) is 76.2 Å². The Morgan fingerprint density at radius 2 is 1.69 bits per heavy atom. The van der Waals surface area contributed by atoms with Gasteiger partial charge in [0.15, 0.2) is 0 Å². The zero-order chi connectivity index (χ0) is 21.0. The van der Waals surface area contributed by atoms with Crippen LogP contribution >= 0.6 is 0 Å². The Labute approximate surface area is 162 Å². The van der Waals surface area contributed by atoms with E-state index in [1.165, 1.54) is 42.5 Å². The molecular weight excluding hydrogens is 394 g/mol. The maximum atomic E-state index is 12.6. The molecule has 2 aromatic carbocycles. The van der Waals surface area contributed by atoms with Gasteiger partial charge in [-0.05, 0) is 55.0 Å². The molecule has 0 aliphatic carbocycles. The fourth-order valence-electron chi connectivity index (χ4n) is 2.51. The van der Waals surface area contributed by atoms with Crippen LogP contribution in [0.15, 0.2) is 48.5 Å². The van der Waals surface area contributed by atoms with Crippen molar-refractivity contribution in [1.29, 1.82) is 0 Å². The summed E-state index contributed by atoms with van der Waals surface area (Å²) in [7, 11) is 0. The predicted molar refractivity (Wildman–Crippen MR) is 96.4 cm³/mol. The number of hydrogen-bond acceptors (Lipinski definition) is 4. The number of rotatable bonds is 7. The maximum Gasteiger partial charge on any atom is 0.387 e. The predicted octanol–water partition coefficient (Wildman–Crippen LogP) is 4.84. The van der Waals surface area contributed by atoms with Crippen LogP contribution in [0, 0.1) is 6.92 Å². The smallest absolute Gasteiger partial charge is 0.387 e. The van der Waals surface area contributed by atoms with Gasteiger partial charge < -0.3 is 14.8 Å². The average Bonchev–Trinajstić information content (AvgIpc) is 3.14. The summed E-state index contributed by atoms with van der Waals surface area (Å²) in [5, 5.41) is 9.02. The highest BCUT2D eigenvalue weighted by atomic mass is 19.3. The van der Waals surface area contributed by atoms with Crippen LogP contribution in [0.5, 0.6) is 11.5 Å². The highest BCUT2D eigenvalue weighted by Gasteiger charge is 2.16. The summed E-state index contributed by atoms with van der Waals surface area (Å²) in [5.74, 6) is -0.796. The lowest BCUT2D eigenvalue weighted by molar-refractivity contribution is -0.0503. The third-order valence-electron chi connectivity index (χ3n) is 3.80. The number of hydrogen-bond donors (Lipinski definition) is 2. The minimum atomic E-state index is -3.04. The fourth-order valence-corrected chi connectivity index (χ4v) is 2.51. The van der Waals surface area contributed by atoms with E-state index in [-0.39, 0.29) is 22.9 Å². The number of aromatic amines is 1. The minimum absolute atomic E-state index is 0.0109. The van der Waals surface area contributed by atoms with E-state index < -0.39 is 19.1 Å². The number of aryl methyl sites for hydroxylation is 1. The highest BCUT2D eigenvalue weighted by Crippen LogP contribution is 2.28. The molecule has 2 N–H and O–H groups in total. The lowest BCUT2D eigenvalue weighted by Crippen LogP contribution is -2.14. The zero-order valence-electron chi connectivity index (χ0n) is 15.0. The van der Waals surface area contributed by atoms with Gasteiger partial charge in [0.1, 0.15) is 17.2 Å². The van der Waals surface area contributed by atoms with E-state index in [0.29, 0.717) is 16.8 Å². The second-order valence-corrected chi connectivity index (χ2v) is 5.90. The van der Waals surface area contributed by atoms with Gasteiger partial charge in [-0.15, -0.1) is 0 Å². The highest BCUT2D eigenvalue weighted by molar-refractivity contribution is 6.04. The van der Waals surface area contributed by atoms with E-state index in [1.807, 2.05) is 0 Å². The molecule has 0 atom stereocenters. The van der Waals surface area contributed by atoms with Gasteiger partial charge in [0, 0.05) is 5.56 Å². The molecule has 0 radical (unpaired) electrons. The van der Waals surface area contributed by atoms with Gasteiger partial charge in [0.25, 0.3) is 5.91 Å². The number of amides is 1. The molecule has 152 valence electrons. The Hall–Kier alpha value is -3.56. The molecule has 0 unspecified atom stereocenters. The van der Waals surface area contributed by atoms with Gasteiger partial charge in [-0.2, -0.15) is 22.7 Å². The zero-order valence-corrected chi connectivity index (χ0v) is 15.0. The Bertz CT molecular complexity index is 991. The summed E-state index contributed by atoms with van der Waals surface area (Å²) in [4.78, 5) is 12.4. The van der Waals surface area contributed by atoms with E-state index in [1.54, 1.807) is 13.0 Å². The number of carbonyl (C=O) groups is 1. The standard InChI is InChI=1S/C19H15F4N3O3/c1-10-2-7-13(16(8-10)29-19(22)23)24-17(27)15-9-14(25-26-15)11-3-5-12(6-4-11)28-18(20)21/h2-9,18-19H,1H3,(H,24,27)(H,25,26).